The summed E-state index contributed by atoms with van der Waals surface area (Å²) in [5, 5.41) is 12.3. The van der Waals surface area contributed by atoms with E-state index in [1.54, 1.807) is 0 Å². The van der Waals surface area contributed by atoms with Crippen molar-refractivity contribution in [3.63, 3.8) is 0 Å². The fourth-order valence-electron chi connectivity index (χ4n) is 2.74. The number of hydrogen-bond donors (Lipinski definition) is 2. The molecule has 1 aromatic rings. The van der Waals surface area contributed by atoms with E-state index in [-0.39, 0.29) is 11.4 Å². The molecule has 1 aromatic carbocycles. The second kappa shape index (κ2) is 5.70. The van der Waals surface area contributed by atoms with Gasteiger partial charge in [0, 0.05) is 18.2 Å². The molecule has 0 aliphatic heterocycles. The van der Waals surface area contributed by atoms with Crippen LogP contribution < -0.4 is 5.32 Å². The molecule has 0 spiro atoms. The quantitative estimate of drug-likeness (QED) is 0.879. The fourth-order valence-corrected chi connectivity index (χ4v) is 2.74. The van der Waals surface area contributed by atoms with Gasteiger partial charge in [0.15, 0.2) is 0 Å². The van der Waals surface area contributed by atoms with Crippen molar-refractivity contribution in [1.29, 1.82) is 0 Å². The minimum atomic E-state index is -1.02. The first kappa shape index (κ1) is 14.0. The Balaban J connectivity index is 2.03. The van der Waals surface area contributed by atoms with Gasteiger partial charge in [-0.2, -0.15) is 0 Å². The van der Waals surface area contributed by atoms with Gasteiger partial charge in [-0.15, -0.1) is 0 Å². The van der Waals surface area contributed by atoms with Crippen LogP contribution in [-0.4, -0.2) is 17.1 Å². The smallest absolute Gasteiger partial charge is 0.335 e. The molecule has 3 unspecified atom stereocenters. The van der Waals surface area contributed by atoms with E-state index in [1.807, 2.05) is 0 Å². The predicted molar refractivity (Wildman–Crippen MR) is 71.5 cm³/mol. The van der Waals surface area contributed by atoms with Gasteiger partial charge in [0.05, 0.1) is 5.56 Å². The van der Waals surface area contributed by atoms with Gasteiger partial charge >= 0.3 is 5.97 Å². The van der Waals surface area contributed by atoms with Crippen LogP contribution in [0.2, 0.25) is 0 Å². The van der Waals surface area contributed by atoms with Crippen LogP contribution in [0.3, 0.4) is 0 Å². The molecule has 0 amide bonds. The van der Waals surface area contributed by atoms with Gasteiger partial charge in [0.1, 0.15) is 5.82 Å². The molecule has 2 N–H and O–H groups in total. The maximum absolute atomic E-state index is 13.6. The summed E-state index contributed by atoms with van der Waals surface area (Å²) >= 11 is 0. The van der Waals surface area contributed by atoms with Crippen LogP contribution in [0.25, 0.3) is 0 Å². The summed E-state index contributed by atoms with van der Waals surface area (Å²) in [5.74, 6) is -0.112. The Bertz CT molecular complexity index is 475. The van der Waals surface area contributed by atoms with Crippen LogP contribution in [0.1, 0.15) is 42.6 Å². The number of aromatic carboxylic acids is 1. The summed E-state index contributed by atoms with van der Waals surface area (Å²) in [7, 11) is 0. The van der Waals surface area contributed by atoms with Crippen LogP contribution >= 0.6 is 0 Å². The van der Waals surface area contributed by atoms with Gasteiger partial charge in [0.25, 0.3) is 0 Å². The molecule has 1 aliphatic carbocycles. The van der Waals surface area contributed by atoms with Crippen molar-refractivity contribution in [2.75, 3.05) is 0 Å². The fraction of sp³-hybridized carbons (Fsp3) is 0.533. The molecular weight excluding hydrogens is 245 g/mol. The van der Waals surface area contributed by atoms with Crippen molar-refractivity contribution in [3.05, 3.63) is 35.1 Å². The third-order valence-electron chi connectivity index (χ3n) is 4.31. The molecule has 1 saturated carbocycles. The molecule has 0 bridgehead atoms. The number of carboxylic acids is 1. The molecule has 0 saturated heterocycles. The van der Waals surface area contributed by atoms with Crippen LogP contribution in [0.4, 0.5) is 4.39 Å². The largest absolute Gasteiger partial charge is 0.478 e. The number of carbonyl (C=O) groups is 1. The summed E-state index contributed by atoms with van der Waals surface area (Å²) in [6.45, 7) is 4.83. The second-order valence-electron chi connectivity index (χ2n) is 5.51. The third-order valence-corrected chi connectivity index (χ3v) is 4.31. The maximum atomic E-state index is 13.6. The molecule has 2 rings (SSSR count). The minimum absolute atomic E-state index is 0.131. The molecule has 3 atom stereocenters. The van der Waals surface area contributed by atoms with Crippen LogP contribution in [0.5, 0.6) is 0 Å². The maximum Gasteiger partial charge on any atom is 0.335 e. The number of rotatable bonds is 4. The Morgan fingerprint density at radius 1 is 1.42 bits per heavy atom. The molecule has 1 aliphatic rings. The standard InChI is InChI=1S/C15H20FNO2/c1-9-3-6-14(10(9)2)17-8-12-7-11(15(18)19)4-5-13(12)16/h4-5,7,9-10,14,17H,3,6,8H2,1-2H3,(H,18,19). The summed E-state index contributed by atoms with van der Waals surface area (Å²) in [6.07, 6.45) is 2.29. The van der Waals surface area contributed by atoms with Crippen molar-refractivity contribution in [2.24, 2.45) is 11.8 Å². The minimum Gasteiger partial charge on any atom is -0.478 e. The zero-order valence-corrected chi connectivity index (χ0v) is 11.3. The summed E-state index contributed by atoms with van der Waals surface area (Å²) in [4.78, 5) is 10.9. The number of carboxylic acid groups (broad SMARTS) is 1. The molecule has 0 aromatic heterocycles. The zero-order chi connectivity index (χ0) is 14.0. The van der Waals surface area contributed by atoms with E-state index in [4.69, 9.17) is 5.11 Å². The van der Waals surface area contributed by atoms with E-state index in [0.29, 0.717) is 30.0 Å². The molecule has 0 radical (unpaired) electrons. The van der Waals surface area contributed by atoms with Crippen molar-refractivity contribution in [3.8, 4) is 0 Å². The van der Waals surface area contributed by atoms with Gasteiger partial charge in [-0.1, -0.05) is 13.8 Å². The van der Waals surface area contributed by atoms with E-state index in [2.05, 4.69) is 19.2 Å². The van der Waals surface area contributed by atoms with E-state index in [9.17, 15) is 9.18 Å². The van der Waals surface area contributed by atoms with Gasteiger partial charge in [-0.05, 0) is 42.9 Å². The average molecular weight is 265 g/mol. The molecule has 4 heteroatoms. The van der Waals surface area contributed by atoms with Crippen LogP contribution in [-0.2, 0) is 6.54 Å². The first-order valence-corrected chi connectivity index (χ1v) is 6.74. The van der Waals surface area contributed by atoms with Gasteiger partial charge in [0.2, 0.25) is 0 Å². The Morgan fingerprint density at radius 3 is 2.74 bits per heavy atom. The monoisotopic (exact) mass is 265 g/mol. The summed E-state index contributed by atoms with van der Waals surface area (Å²) < 4.78 is 13.6. The van der Waals surface area contributed by atoms with E-state index in [0.717, 1.165) is 6.42 Å². The molecule has 3 nitrogen and oxygen atoms in total. The SMILES string of the molecule is CC1CCC(NCc2cc(C(=O)O)ccc2F)C1C. The Hall–Kier alpha value is -1.42. The van der Waals surface area contributed by atoms with Crippen LogP contribution in [0.15, 0.2) is 18.2 Å². The highest BCUT2D eigenvalue weighted by Gasteiger charge is 2.29. The lowest BCUT2D eigenvalue weighted by molar-refractivity contribution is 0.0696. The normalized spacial score (nSPS) is 26.6. The van der Waals surface area contributed by atoms with Crippen molar-refractivity contribution in [2.45, 2.75) is 39.3 Å². The van der Waals surface area contributed by atoms with Crippen molar-refractivity contribution < 1.29 is 14.3 Å². The van der Waals surface area contributed by atoms with E-state index < -0.39 is 5.97 Å². The first-order valence-electron chi connectivity index (χ1n) is 6.74. The van der Waals surface area contributed by atoms with Gasteiger partial charge in [-0.3, -0.25) is 0 Å². The lowest BCUT2D eigenvalue weighted by Crippen LogP contribution is -2.32. The molecular formula is C15H20FNO2. The van der Waals surface area contributed by atoms with Gasteiger partial charge in [-0.25, -0.2) is 9.18 Å². The second-order valence-corrected chi connectivity index (χ2v) is 5.51. The average Bonchev–Trinajstić information content (AvgIpc) is 2.69. The lowest BCUT2D eigenvalue weighted by Gasteiger charge is -2.20. The van der Waals surface area contributed by atoms with Crippen molar-refractivity contribution in [1.82, 2.24) is 5.32 Å². The van der Waals surface area contributed by atoms with Crippen molar-refractivity contribution >= 4 is 5.97 Å². The summed E-state index contributed by atoms with van der Waals surface area (Å²) in [6, 6.07) is 4.32. The topological polar surface area (TPSA) is 49.3 Å². The Kier molecular flexibility index (Phi) is 4.20. The number of hydrogen-bond acceptors (Lipinski definition) is 2. The number of halogens is 1. The van der Waals surface area contributed by atoms with Gasteiger partial charge < -0.3 is 10.4 Å². The molecule has 104 valence electrons. The highest BCUT2D eigenvalue weighted by Crippen LogP contribution is 2.31. The molecule has 1 fully saturated rings. The number of nitrogens with one attached hydrogen (secondary N) is 1. The summed E-state index contributed by atoms with van der Waals surface area (Å²) in [5.41, 5.74) is 0.553. The van der Waals surface area contributed by atoms with Crippen LogP contribution in [0, 0.1) is 17.7 Å². The lowest BCUT2D eigenvalue weighted by atomic mass is 9.97. The Labute approximate surface area is 112 Å². The number of benzene rings is 1. The van der Waals surface area contributed by atoms with E-state index in [1.165, 1.54) is 24.6 Å². The third kappa shape index (κ3) is 3.13. The van der Waals surface area contributed by atoms with E-state index >= 15 is 0 Å². The Morgan fingerprint density at radius 2 is 2.16 bits per heavy atom. The highest BCUT2D eigenvalue weighted by molar-refractivity contribution is 5.87. The highest BCUT2D eigenvalue weighted by atomic mass is 19.1. The zero-order valence-electron chi connectivity index (χ0n) is 11.3. The first-order chi connectivity index (χ1) is 8.99. The predicted octanol–water partition coefficient (Wildman–Crippen LogP) is 3.05. The molecule has 19 heavy (non-hydrogen) atoms. The molecule has 0 heterocycles.